The fourth-order valence-corrected chi connectivity index (χ4v) is 1.80. The maximum Gasteiger partial charge on any atom is 0.365 e. The van der Waals surface area contributed by atoms with Crippen LogP contribution >= 0.6 is 0 Å². The van der Waals surface area contributed by atoms with Crippen molar-refractivity contribution < 1.29 is 10.3 Å². The highest BCUT2D eigenvalue weighted by Gasteiger charge is 2.16. The van der Waals surface area contributed by atoms with Crippen molar-refractivity contribution >= 4 is 11.2 Å². The Hall–Kier alpha value is -2.25. The first kappa shape index (κ1) is 12.2. The molecule has 0 spiro atoms. The Morgan fingerprint density at radius 1 is 1.33 bits per heavy atom. The predicted molar refractivity (Wildman–Crippen MR) is 63.0 cm³/mol. The van der Waals surface area contributed by atoms with E-state index in [0.29, 0.717) is 6.42 Å². The zero-order valence-corrected chi connectivity index (χ0v) is 9.88. The van der Waals surface area contributed by atoms with Crippen molar-refractivity contribution in [2.75, 3.05) is 0 Å². The van der Waals surface area contributed by atoms with Crippen LogP contribution in [0.25, 0.3) is 11.2 Å². The summed E-state index contributed by atoms with van der Waals surface area (Å²) in [5, 5.41) is 18.7. The molecule has 0 aliphatic heterocycles. The zero-order chi connectivity index (χ0) is 13.3. The zero-order valence-electron chi connectivity index (χ0n) is 9.88. The molecule has 18 heavy (non-hydrogen) atoms. The summed E-state index contributed by atoms with van der Waals surface area (Å²) in [7, 11) is 0. The van der Waals surface area contributed by atoms with E-state index in [1.807, 2.05) is 6.92 Å². The number of hydrogen-bond acceptors (Lipinski definition) is 5. The molecule has 0 saturated heterocycles. The minimum Gasteiger partial charge on any atom is -0.480 e. The Bertz CT molecular complexity index is 681. The van der Waals surface area contributed by atoms with E-state index >= 15 is 0 Å². The molecule has 0 aliphatic rings. The monoisotopic (exact) mass is 254 g/mol. The number of aromatic nitrogens is 4. The van der Waals surface area contributed by atoms with E-state index in [-0.39, 0.29) is 22.4 Å². The van der Waals surface area contributed by atoms with Gasteiger partial charge >= 0.3 is 5.69 Å². The molecule has 0 amide bonds. The third-order valence-corrected chi connectivity index (χ3v) is 2.73. The van der Waals surface area contributed by atoms with Gasteiger partial charge in [-0.15, -0.1) is 4.73 Å². The number of aromatic hydroxyl groups is 1. The van der Waals surface area contributed by atoms with Crippen molar-refractivity contribution in [3.8, 4) is 6.01 Å². The minimum absolute atomic E-state index is 0.0916. The van der Waals surface area contributed by atoms with Crippen LogP contribution in [0.15, 0.2) is 9.59 Å². The number of fused-ring (bicyclic) bond motifs is 1. The minimum atomic E-state index is -0.852. The van der Waals surface area contributed by atoms with Gasteiger partial charge in [-0.25, -0.2) is 4.79 Å². The van der Waals surface area contributed by atoms with E-state index in [9.17, 15) is 14.8 Å². The summed E-state index contributed by atoms with van der Waals surface area (Å²) in [6.07, 6.45) is 2.50. The van der Waals surface area contributed by atoms with Gasteiger partial charge in [-0.1, -0.05) is 19.8 Å². The van der Waals surface area contributed by atoms with Crippen molar-refractivity contribution in [2.45, 2.75) is 32.7 Å². The molecule has 0 radical (unpaired) electrons. The molecule has 2 rings (SSSR count). The quantitative estimate of drug-likeness (QED) is 0.525. The predicted octanol–water partition coefficient (Wildman–Crippen LogP) is 0.0194. The van der Waals surface area contributed by atoms with E-state index in [1.54, 1.807) is 0 Å². The molecule has 0 aliphatic carbocycles. The Morgan fingerprint density at radius 3 is 2.72 bits per heavy atom. The van der Waals surface area contributed by atoms with Gasteiger partial charge in [-0.3, -0.25) is 9.36 Å². The average Bonchev–Trinajstić information content (AvgIpc) is 2.73. The third kappa shape index (κ3) is 1.85. The van der Waals surface area contributed by atoms with Crippen LogP contribution in [0.5, 0.6) is 6.01 Å². The molecule has 8 heteroatoms. The standard InChI is InChI=1S/C10H14N4O4/c1-2-3-4-5-13-8(15)6-7(12-9(16)11-6)14(18)10(13)17/h18H,2-5H2,1H3,(H2,11,12,16). The number of hydrogen-bond donors (Lipinski definition) is 3. The number of imidazole rings is 1. The lowest BCUT2D eigenvalue weighted by Gasteiger charge is -2.05. The number of nitrogens with zero attached hydrogens (tertiary/aromatic N) is 3. The van der Waals surface area contributed by atoms with Crippen LogP contribution < -0.4 is 11.2 Å². The lowest BCUT2D eigenvalue weighted by Crippen LogP contribution is -2.39. The number of aromatic amines is 1. The van der Waals surface area contributed by atoms with Gasteiger partial charge in [-0.2, -0.15) is 4.98 Å². The second-order valence-corrected chi connectivity index (χ2v) is 4.02. The normalized spacial score (nSPS) is 11.2. The summed E-state index contributed by atoms with van der Waals surface area (Å²) < 4.78 is 1.19. The Balaban J connectivity index is 2.60. The number of nitrogens with one attached hydrogen (secondary N) is 1. The third-order valence-electron chi connectivity index (χ3n) is 2.73. The second-order valence-electron chi connectivity index (χ2n) is 4.02. The number of H-pyrrole nitrogens is 1. The van der Waals surface area contributed by atoms with E-state index in [2.05, 4.69) is 9.97 Å². The van der Waals surface area contributed by atoms with Crippen LogP contribution in [0.1, 0.15) is 26.2 Å². The molecule has 0 aromatic carbocycles. The molecule has 2 aromatic rings. The fourth-order valence-electron chi connectivity index (χ4n) is 1.80. The van der Waals surface area contributed by atoms with Crippen molar-refractivity contribution in [3.63, 3.8) is 0 Å². The largest absolute Gasteiger partial charge is 0.480 e. The van der Waals surface area contributed by atoms with Crippen LogP contribution in [-0.4, -0.2) is 29.6 Å². The summed E-state index contributed by atoms with van der Waals surface area (Å²) in [6.45, 7) is 2.23. The summed E-state index contributed by atoms with van der Waals surface area (Å²) in [6, 6.07) is -0.518. The van der Waals surface area contributed by atoms with Gasteiger partial charge in [0.25, 0.3) is 11.6 Å². The van der Waals surface area contributed by atoms with Crippen LogP contribution in [0.2, 0.25) is 0 Å². The molecule has 3 N–H and O–H groups in total. The first-order chi connectivity index (χ1) is 8.56. The molecule has 2 aromatic heterocycles. The fraction of sp³-hybridized carbons (Fsp3) is 0.500. The van der Waals surface area contributed by atoms with E-state index in [4.69, 9.17) is 5.11 Å². The molecule has 2 heterocycles. The number of rotatable bonds is 4. The van der Waals surface area contributed by atoms with Crippen molar-refractivity contribution in [1.82, 2.24) is 19.3 Å². The van der Waals surface area contributed by atoms with Crippen LogP contribution in [0, 0.1) is 0 Å². The topological polar surface area (TPSA) is 113 Å². The maximum atomic E-state index is 12.0. The first-order valence-corrected chi connectivity index (χ1v) is 5.70. The van der Waals surface area contributed by atoms with Crippen LogP contribution in [-0.2, 0) is 6.54 Å². The van der Waals surface area contributed by atoms with Gasteiger partial charge in [-0.05, 0) is 6.42 Å². The molecular weight excluding hydrogens is 240 g/mol. The lowest BCUT2D eigenvalue weighted by molar-refractivity contribution is 0.175. The van der Waals surface area contributed by atoms with Gasteiger partial charge < -0.3 is 15.3 Å². The van der Waals surface area contributed by atoms with Crippen molar-refractivity contribution in [3.05, 3.63) is 20.8 Å². The highest BCUT2D eigenvalue weighted by atomic mass is 16.5. The highest BCUT2D eigenvalue weighted by Crippen LogP contribution is 2.08. The van der Waals surface area contributed by atoms with Gasteiger partial charge in [0.05, 0.1) is 0 Å². The summed E-state index contributed by atoms with van der Waals surface area (Å²) >= 11 is 0. The maximum absolute atomic E-state index is 12.0. The van der Waals surface area contributed by atoms with E-state index in [0.717, 1.165) is 17.4 Å². The van der Waals surface area contributed by atoms with Crippen molar-refractivity contribution in [2.24, 2.45) is 0 Å². The summed E-state index contributed by atoms with van der Waals surface area (Å²) in [5.41, 5.74) is -1.81. The van der Waals surface area contributed by atoms with Gasteiger partial charge in [0, 0.05) is 6.54 Å². The smallest absolute Gasteiger partial charge is 0.365 e. The van der Waals surface area contributed by atoms with Crippen molar-refractivity contribution in [1.29, 1.82) is 0 Å². The van der Waals surface area contributed by atoms with Gasteiger partial charge in [0.2, 0.25) is 5.65 Å². The molecule has 8 nitrogen and oxygen atoms in total. The summed E-state index contributed by atoms with van der Waals surface area (Å²) in [4.78, 5) is 29.5. The Labute approximate surface area is 101 Å². The second kappa shape index (κ2) is 4.55. The van der Waals surface area contributed by atoms with E-state index < -0.39 is 17.3 Å². The molecule has 0 bridgehead atoms. The molecular formula is C10H14N4O4. The van der Waals surface area contributed by atoms with E-state index in [1.165, 1.54) is 0 Å². The van der Waals surface area contributed by atoms with Crippen LogP contribution in [0.4, 0.5) is 0 Å². The number of unbranched alkanes of at least 4 members (excludes halogenated alkanes) is 2. The Morgan fingerprint density at radius 2 is 2.06 bits per heavy atom. The molecule has 0 fully saturated rings. The van der Waals surface area contributed by atoms with Gasteiger partial charge in [0.1, 0.15) is 0 Å². The lowest BCUT2D eigenvalue weighted by atomic mass is 10.2. The molecule has 98 valence electrons. The first-order valence-electron chi connectivity index (χ1n) is 5.70. The highest BCUT2D eigenvalue weighted by molar-refractivity contribution is 5.69. The Kier molecular flexibility index (Phi) is 3.09. The molecule has 0 unspecified atom stereocenters. The SMILES string of the molecule is CCCCCn1c(=O)c2[nH]c(O)nc2n(O)c1=O. The summed E-state index contributed by atoms with van der Waals surface area (Å²) in [5.74, 6) is 0. The average molecular weight is 254 g/mol. The van der Waals surface area contributed by atoms with Gasteiger partial charge in [0.15, 0.2) is 5.52 Å². The van der Waals surface area contributed by atoms with Crippen LogP contribution in [0.3, 0.4) is 0 Å². The molecule has 0 saturated carbocycles. The molecule has 0 atom stereocenters.